The van der Waals surface area contributed by atoms with E-state index >= 15 is 0 Å². The number of benzene rings is 1. The Hall–Kier alpha value is -3.71. The van der Waals surface area contributed by atoms with Crippen LogP contribution in [0.5, 0.6) is 5.75 Å². The van der Waals surface area contributed by atoms with E-state index in [-0.39, 0.29) is 18.7 Å². The second kappa shape index (κ2) is 12.0. The van der Waals surface area contributed by atoms with Gasteiger partial charge in [0.2, 0.25) is 23.6 Å². The normalized spacial score (nSPS) is 17.9. The van der Waals surface area contributed by atoms with Crippen molar-refractivity contribution in [2.24, 2.45) is 11.5 Å². The standard InChI is InChI=1S/C21H29N5O8/c22-13(8-11-3-5-12(28)6-4-11)20(32)26-7-1-2-16(26)19(31)25-15(10-27)18(30)24-14(21(33)34)9-17(23)29/h3-6,13-16,27-28H,1-2,7-10,22H2,(H2,23,29)(H,24,30)(H,25,31)(H,33,34). The van der Waals surface area contributed by atoms with Crippen molar-refractivity contribution in [3.63, 3.8) is 0 Å². The number of carbonyl (C=O) groups excluding carboxylic acids is 4. The molecular weight excluding hydrogens is 450 g/mol. The number of rotatable bonds is 11. The van der Waals surface area contributed by atoms with E-state index in [1.807, 2.05) is 5.32 Å². The molecule has 1 aliphatic rings. The molecule has 4 unspecified atom stereocenters. The first-order chi connectivity index (χ1) is 16.0. The molecule has 0 spiro atoms. The highest BCUT2D eigenvalue weighted by molar-refractivity contribution is 5.95. The number of phenols is 1. The number of hydrogen-bond donors (Lipinski definition) is 7. The van der Waals surface area contributed by atoms with Gasteiger partial charge in [-0.05, 0) is 37.0 Å². The summed E-state index contributed by atoms with van der Waals surface area (Å²) in [5.41, 5.74) is 11.7. The van der Waals surface area contributed by atoms with Crippen LogP contribution in [-0.4, -0.2) is 87.1 Å². The van der Waals surface area contributed by atoms with Crippen LogP contribution < -0.4 is 22.1 Å². The summed E-state index contributed by atoms with van der Waals surface area (Å²) in [4.78, 5) is 61.5. The van der Waals surface area contributed by atoms with E-state index in [9.17, 15) is 34.2 Å². The number of aromatic hydroxyl groups is 1. The molecule has 4 atom stereocenters. The molecule has 1 aromatic carbocycles. The zero-order valence-electron chi connectivity index (χ0n) is 18.3. The highest BCUT2D eigenvalue weighted by Gasteiger charge is 2.38. The zero-order chi connectivity index (χ0) is 25.4. The number of likely N-dealkylation sites (tertiary alicyclic amines) is 1. The Morgan fingerprint density at radius 1 is 1.09 bits per heavy atom. The number of aliphatic carboxylic acids is 1. The van der Waals surface area contributed by atoms with Crippen molar-refractivity contribution in [2.45, 2.75) is 49.9 Å². The largest absolute Gasteiger partial charge is 0.508 e. The summed E-state index contributed by atoms with van der Waals surface area (Å²) in [6.45, 7) is -0.572. The van der Waals surface area contributed by atoms with Gasteiger partial charge in [0.05, 0.1) is 19.1 Å². The molecule has 0 radical (unpaired) electrons. The Balaban J connectivity index is 2.01. The van der Waals surface area contributed by atoms with Crippen LogP contribution in [0.3, 0.4) is 0 Å². The van der Waals surface area contributed by atoms with E-state index in [1.165, 1.54) is 17.0 Å². The molecule has 2 rings (SSSR count). The third-order valence-corrected chi connectivity index (χ3v) is 5.38. The molecule has 0 bridgehead atoms. The summed E-state index contributed by atoms with van der Waals surface area (Å²) in [6.07, 6.45) is 0.340. The lowest BCUT2D eigenvalue weighted by atomic mass is 10.0. The summed E-state index contributed by atoms with van der Waals surface area (Å²) in [6, 6.07) is 1.19. The fourth-order valence-electron chi connectivity index (χ4n) is 3.62. The van der Waals surface area contributed by atoms with Crippen LogP contribution in [0.25, 0.3) is 0 Å². The minimum Gasteiger partial charge on any atom is -0.508 e. The highest BCUT2D eigenvalue weighted by atomic mass is 16.4. The summed E-state index contributed by atoms with van der Waals surface area (Å²) in [5, 5.41) is 32.4. The lowest BCUT2D eigenvalue weighted by Crippen LogP contribution is -2.58. The predicted molar refractivity (Wildman–Crippen MR) is 117 cm³/mol. The molecule has 4 amide bonds. The zero-order valence-corrected chi connectivity index (χ0v) is 18.3. The van der Waals surface area contributed by atoms with E-state index in [0.29, 0.717) is 12.8 Å². The van der Waals surface area contributed by atoms with E-state index in [2.05, 4.69) is 5.32 Å². The first-order valence-corrected chi connectivity index (χ1v) is 10.6. The number of nitrogens with one attached hydrogen (secondary N) is 2. The molecule has 1 fully saturated rings. The number of carboxylic acid groups (broad SMARTS) is 1. The van der Waals surface area contributed by atoms with Crippen molar-refractivity contribution in [1.29, 1.82) is 0 Å². The molecule has 1 saturated heterocycles. The summed E-state index contributed by atoms with van der Waals surface area (Å²) in [5.74, 6) is -4.59. The molecule has 13 heteroatoms. The fraction of sp³-hybridized carbons (Fsp3) is 0.476. The topological polar surface area (TPSA) is 225 Å². The van der Waals surface area contributed by atoms with Crippen molar-refractivity contribution in [2.75, 3.05) is 13.2 Å². The van der Waals surface area contributed by atoms with Crippen LogP contribution in [0, 0.1) is 0 Å². The Kier molecular flexibility index (Phi) is 9.33. The molecule has 9 N–H and O–H groups in total. The Bertz CT molecular complexity index is 922. The molecule has 13 nitrogen and oxygen atoms in total. The number of aliphatic hydroxyl groups is 1. The Morgan fingerprint density at radius 2 is 1.74 bits per heavy atom. The maximum atomic E-state index is 12.9. The number of nitrogens with zero attached hydrogens (tertiary/aromatic N) is 1. The van der Waals surface area contributed by atoms with Crippen LogP contribution in [-0.2, 0) is 30.4 Å². The van der Waals surface area contributed by atoms with Crippen LogP contribution in [0.15, 0.2) is 24.3 Å². The minimum absolute atomic E-state index is 0.0757. The SMILES string of the molecule is NC(=O)CC(NC(=O)C(CO)NC(=O)C1CCCN1C(=O)C(N)Cc1ccc(O)cc1)C(=O)O. The summed E-state index contributed by atoms with van der Waals surface area (Å²) < 4.78 is 0. The summed E-state index contributed by atoms with van der Waals surface area (Å²) >= 11 is 0. The molecule has 0 saturated carbocycles. The van der Waals surface area contributed by atoms with Gasteiger partial charge in [-0.15, -0.1) is 0 Å². The van der Waals surface area contributed by atoms with Gasteiger partial charge in [0.15, 0.2) is 0 Å². The Morgan fingerprint density at radius 3 is 2.29 bits per heavy atom. The first kappa shape index (κ1) is 26.5. The van der Waals surface area contributed by atoms with Crippen LogP contribution >= 0.6 is 0 Å². The maximum Gasteiger partial charge on any atom is 0.326 e. The molecule has 1 heterocycles. The number of hydrogen-bond acceptors (Lipinski definition) is 8. The third-order valence-electron chi connectivity index (χ3n) is 5.38. The van der Waals surface area contributed by atoms with Crippen molar-refractivity contribution in [3.05, 3.63) is 29.8 Å². The minimum atomic E-state index is -1.63. The van der Waals surface area contributed by atoms with E-state index in [0.717, 1.165) is 5.56 Å². The monoisotopic (exact) mass is 479 g/mol. The van der Waals surface area contributed by atoms with Crippen molar-refractivity contribution in [3.8, 4) is 5.75 Å². The smallest absolute Gasteiger partial charge is 0.326 e. The number of carbonyl (C=O) groups is 5. The van der Waals surface area contributed by atoms with Gasteiger partial charge in [0.1, 0.15) is 23.9 Å². The predicted octanol–water partition coefficient (Wildman–Crippen LogP) is -2.83. The van der Waals surface area contributed by atoms with Crippen LogP contribution in [0.1, 0.15) is 24.8 Å². The molecule has 0 aliphatic carbocycles. The fourth-order valence-corrected chi connectivity index (χ4v) is 3.62. The quantitative estimate of drug-likeness (QED) is 0.173. The second-order valence-electron chi connectivity index (χ2n) is 7.98. The maximum absolute atomic E-state index is 12.9. The van der Waals surface area contributed by atoms with Gasteiger partial charge in [-0.25, -0.2) is 4.79 Å². The number of aliphatic hydroxyl groups excluding tert-OH is 1. The van der Waals surface area contributed by atoms with Crippen molar-refractivity contribution in [1.82, 2.24) is 15.5 Å². The molecule has 186 valence electrons. The van der Waals surface area contributed by atoms with E-state index in [4.69, 9.17) is 16.6 Å². The van der Waals surface area contributed by atoms with Gasteiger partial charge in [0, 0.05) is 6.54 Å². The Labute approximate surface area is 195 Å². The van der Waals surface area contributed by atoms with Crippen molar-refractivity contribution < 1.29 is 39.3 Å². The van der Waals surface area contributed by atoms with E-state index in [1.54, 1.807) is 12.1 Å². The van der Waals surface area contributed by atoms with Gasteiger partial charge < -0.3 is 42.3 Å². The highest BCUT2D eigenvalue weighted by Crippen LogP contribution is 2.20. The van der Waals surface area contributed by atoms with Gasteiger partial charge in [0.25, 0.3) is 0 Å². The second-order valence-corrected chi connectivity index (χ2v) is 7.98. The number of amides is 4. The molecule has 1 aliphatic heterocycles. The van der Waals surface area contributed by atoms with Crippen molar-refractivity contribution >= 4 is 29.6 Å². The van der Waals surface area contributed by atoms with Gasteiger partial charge in [-0.3, -0.25) is 19.2 Å². The number of nitrogens with two attached hydrogens (primary N) is 2. The lowest BCUT2D eigenvalue weighted by molar-refractivity contribution is -0.144. The molecule has 0 aromatic heterocycles. The summed E-state index contributed by atoms with van der Waals surface area (Å²) in [7, 11) is 0. The van der Waals surface area contributed by atoms with Crippen LogP contribution in [0.2, 0.25) is 0 Å². The van der Waals surface area contributed by atoms with E-state index < -0.39 is 66.8 Å². The number of phenolic OH excluding ortho intramolecular Hbond substituents is 1. The lowest BCUT2D eigenvalue weighted by Gasteiger charge is -2.28. The third kappa shape index (κ3) is 7.15. The first-order valence-electron chi connectivity index (χ1n) is 10.6. The van der Waals surface area contributed by atoms with Crippen LogP contribution in [0.4, 0.5) is 0 Å². The average molecular weight is 479 g/mol. The van der Waals surface area contributed by atoms with Gasteiger partial charge >= 0.3 is 5.97 Å². The molecule has 1 aromatic rings. The molecule has 34 heavy (non-hydrogen) atoms. The van der Waals surface area contributed by atoms with Gasteiger partial charge in [-0.1, -0.05) is 12.1 Å². The average Bonchev–Trinajstić information content (AvgIpc) is 3.27. The molecular formula is C21H29N5O8. The van der Waals surface area contributed by atoms with Gasteiger partial charge in [-0.2, -0.15) is 0 Å². The number of primary amides is 1. The number of carboxylic acids is 1.